The van der Waals surface area contributed by atoms with Gasteiger partial charge in [-0.2, -0.15) is 4.98 Å². The van der Waals surface area contributed by atoms with E-state index in [0.29, 0.717) is 12.2 Å². The van der Waals surface area contributed by atoms with Crippen LogP contribution in [-0.2, 0) is 6.42 Å². The topological polar surface area (TPSA) is 84.9 Å². The molecule has 0 atom stereocenters. The Morgan fingerprint density at radius 3 is 2.74 bits per heavy atom. The van der Waals surface area contributed by atoms with Crippen molar-refractivity contribution >= 4 is 0 Å². The molecular formula is C13H10N4O2. The molecular weight excluding hydrogens is 244 g/mol. The Bertz CT molecular complexity index is 682. The van der Waals surface area contributed by atoms with Crippen molar-refractivity contribution in [1.82, 2.24) is 20.1 Å². The van der Waals surface area contributed by atoms with Crippen molar-refractivity contribution in [3.8, 4) is 17.3 Å². The summed E-state index contributed by atoms with van der Waals surface area (Å²) in [6, 6.07) is 6.92. The molecule has 6 heteroatoms. The normalized spacial score (nSPS) is 10.5. The maximum absolute atomic E-state index is 9.66. The van der Waals surface area contributed by atoms with E-state index < -0.39 is 0 Å². The summed E-state index contributed by atoms with van der Waals surface area (Å²) in [4.78, 5) is 12.2. The standard InChI is InChI=1S/C13H10N4O2/c18-10-2-1-5-15-12(10)13-16-11(17-19-13)8-9-3-6-14-7-4-9/h1-7,18H,8H2. The van der Waals surface area contributed by atoms with Crippen LogP contribution in [-0.4, -0.2) is 25.2 Å². The molecule has 0 spiro atoms. The monoisotopic (exact) mass is 254 g/mol. The fraction of sp³-hybridized carbons (Fsp3) is 0.0769. The third-order valence-corrected chi connectivity index (χ3v) is 2.57. The minimum Gasteiger partial charge on any atom is -0.505 e. The lowest BCUT2D eigenvalue weighted by Gasteiger charge is -1.95. The third kappa shape index (κ3) is 2.42. The maximum atomic E-state index is 9.66. The molecule has 0 aliphatic heterocycles. The molecule has 3 aromatic rings. The SMILES string of the molecule is Oc1cccnc1-c1nc(Cc2ccncc2)no1. The lowest BCUT2D eigenvalue weighted by atomic mass is 10.2. The maximum Gasteiger partial charge on any atom is 0.280 e. The molecule has 0 bridgehead atoms. The van der Waals surface area contributed by atoms with Crippen LogP contribution < -0.4 is 0 Å². The molecule has 0 aliphatic carbocycles. The van der Waals surface area contributed by atoms with E-state index in [-0.39, 0.29) is 17.3 Å². The van der Waals surface area contributed by atoms with Crippen molar-refractivity contribution in [2.75, 3.05) is 0 Å². The second-order valence-electron chi connectivity index (χ2n) is 3.92. The highest BCUT2D eigenvalue weighted by molar-refractivity contribution is 5.55. The molecule has 3 aromatic heterocycles. The fourth-order valence-electron chi connectivity index (χ4n) is 1.67. The van der Waals surface area contributed by atoms with Crippen LogP contribution in [0.5, 0.6) is 5.75 Å². The van der Waals surface area contributed by atoms with E-state index in [9.17, 15) is 5.11 Å². The second kappa shape index (κ2) is 4.85. The van der Waals surface area contributed by atoms with Gasteiger partial charge >= 0.3 is 0 Å². The first-order valence-electron chi connectivity index (χ1n) is 5.69. The number of nitrogens with zero attached hydrogens (tertiary/aromatic N) is 4. The molecule has 3 rings (SSSR count). The van der Waals surface area contributed by atoms with Gasteiger partial charge < -0.3 is 9.63 Å². The van der Waals surface area contributed by atoms with Crippen LogP contribution in [0.2, 0.25) is 0 Å². The van der Waals surface area contributed by atoms with Gasteiger partial charge in [0.1, 0.15) is 5.75 Å². The van der Waals surface area contributed by atoms with Crippen LogP contribution in [0.1, 0.15) is 11.4 Å². The average Bonchev–Trinajstić information content (AvgIpc) is 2.89. The molecule has 0 fully saturated rings. The van der Waals surface area contributed by atoms with Gasteiger partial charge in [0.2, 0.25) is 0 Å². The molecule has 0 saturated carbocycles. The van der Waals surface area contributed by atoms with E-state index in [0.717, 1.165) is 5.56 Å². The fourth-order valence-corrected chi connectivity index (χ4v) is 1.67. The Kier molecular flexibility index (Phi) is 2.89. The van der Waals surface area contributed by atoms with Crippen LogP contribution >= 0.6 is 0 Å². The lowest BCUT2D eigenvalue weighted by Crippen LogP contribution is -1.91. The molecule has 94 valence electrons. The van der Waals surface area contributed by atoms with Gasteiger partial charge in [0.15, 0.2) is 11.5 Å². The predicted octanol–water partition coefficient (Wildman–Crippen LogP) is 1.82. The van der Waals surface area contributed by atoms with Crippen molar-refractivity contribution in [2.24, 2.45) is 0 Å². The van der Waals surface area contributed by atoms with Gasteiger partial charge in [-0.05, 0) is 29.8 Å². The minimum atomic E-state index is 0.0154. The van der Waals surface area contributed by atoms with Crippen LogP contribution in [0.4, 0.5) is 0 Å². The highest BCUT2D eigenvalue weighted by Gasteiger charge is 2.13. The molecule has 0 amide bonds. The lowest BCUT2D eigenvalue weighted by molar-refractivity contribution is 0.416. The molecule has 0 aromatic carbocycles. The Hall–Kier alpha value is -2.76. The van der Waals surface area contributed by atoms with Gasteiger partial charge in [-0.1, -0.05) is 5.16 Å². The molecule has 0 unspecified atom stereocenters. The highest BCUT2D eigenvalue weighted by Crippen LogP contribution is 2.24. The molecule has 19 heavy (non-hydrogen) atoms. The largest absolute Gasteiger partial charge is 0.505 e. The highest BCUT2D eigenvalue weighted by atomic mass is 16.5. The summed E-state index contributed by atoms with van der Waals surface area (Å²) in [5.41, 5.74) is 1.32. The van der Waals surface area contributed by atoms with Crippen molar-refractivity contribution in [1.29, 1.82) is 0 Å². The zero-order valence-corrected chi connectivity index (χ0v) is 9.89. The summed E-state index contributed by atoms with van der Waals surface area (Å²) in [7, 11) is 0. The summed E-state index contributed by atoms with van der Waals surface area (Å²) in [5.74, 6) is 0.759. The van der Waals surface area contributed by atoms with Crippen LogP contribution in [0, 0.1) is 0 Å². The Balaban J connectivity index is 1.86. The van der Waals surface area contributed by atoms with Crippen molar-refractivity contribution in [3.05, 3.63) is 54.2 Å². The van der Waals surface area contributed by atoms with Crippen molar-refractivity contribution < 1.29 is 9.63 Å². The molecule has 3 heterocycles. The van der Waals surface area contributed by atoms with Crippen LogP contribution in [0.3, 0.4) is 0 Å². The summed E-state index contributed by atoms with van der Waals surface area (Å²) in [5, 5.41) is 13.5. The van der Waals surface area contributed by atoms with Crippen molar-refractivity contribution in [3.63, 3.8) is 0 Å². The summed E-state index contributed by atoms with van der Waals surface area (Å²) in [6.45, 7) is 0. The first kappa shape index (κ1) is 11.3. The number of aromatic nitrogens is 4. The van der Waals surface area contributed by atoms with Gasteiger partial charge in [0, 0.05) is 25.0 Å². The molecule has 0 aliphatic rings. The number of rotatable bonds is 3. The average molecular weight is 254 g/mol. The predicted molar refractivity (Wildman–Crippen MR) is 66.2 cm³/mol. The zero-order valence-electron chi connectivity index (χ0n) is 9.89. The third-order valence-electron chi connectivity index (χ3n) is 2.57. The molecule has 6 nitrogen and oxygen atoms in total. The second-order valence-corrected chi connectivity index (χ2v) is 3.92. The first-order valence-corrected chi connectivity index (χ1v) is 5.69. The number of pyridine rings is 2. The smallest absolute Gasteiger partial charge is 0.280 e. The Morgan fingerprint density at radius 2 is 1.95 bits per heavy atom. The van der Waals surface area contributed by atoms with E-state index in [4.69, 9.17) is 4.52 Å². The van der Waals surface area contributed by atoms with E-state index in [1.165, 1.54) is 6.07 Å². The van der Waals surface area contributed by atoms with E-state index in [1.807, 2.05) is 12.1 Å². The zero-order chi connectivity index (χ0) is 13.1. The van der Waals surface area contributed by atoms with Gasteiger partial charge in [-0.25, -0.2) is 4.98 Å². The summed E-state index contributed by atoms with van der Waals surface area (Å²) in [6.07, 6.45) is 5.52. The number of hydrogen-bond acceptors (Lipinski definition) is 6. The number of aromatic hydroxyl groups is 1. The summed E-state index contributed by atoms with van der Waals surface area (Å²) < 4.78 is 5.10. The van der Waals surface area contributed by atoms with Crippen LogP contribution in [0.15, 0.2) is 47.4 Å². The Labute approximate surface area is 108 Å². The van der Waals surface area contributed by atoms with E-state index >= 15 is 0 Å². The van der Waals surface area contributed by atoms with Crippen molar-refractivity contribution in [2.45, 2.75) is 6.42 Å². The Morgan fingerprint density at radius 1 is 1.11 bits per heavy atom. The number of hydrogen-bond donors (Lipinski definition) is 1. The van der Waals surface area contributed by atoms with E-state index in [1.54, 1.807) is 24.7 Å². The van der Waals surface area contributed by atoms with Gasteiger partial charge in [-0.15, -0.1) is 0 Å². The van der Waals surface area contributed by atoms with Gasteiger partial charge in [0.05, 0.1) is 0 Å². The quantitative estimate of drug-likeness (QED) is 0.767. The van der Waals surface area contributed by atoms with Gasteiger partial charge in [-0.3, -0.25) is 4.98 Å². The first-order chi connectivity index (χ1) is 9.33. The molecule has 1 N–H and O–H groups in total. The van der Waals surface area contributed by atoms with Gasteiger partial charge in [0.25, 0.3) is 5.89 Å². The molecule has 0 saturated heterocycles. The minimum absolute atomic E-state index is 0.0154. The summed E-state index contributed by atoms with van der Waals surface area (Å²) >= 11 is 0. The van der Waals surface area contributed by atoms with E-state index in [2.05, 4.69) is 20.1 Å². The molecule has 0 radical (unpaired) electrons. The van der Waals surface area contributed by atoms with Crippen LogP contribution in [0.25, 0.3) is 11.6 Å².